The number of hydrazone groups is 1. The zero-order chi connectivity index (χ0) is 20.8. The third-order valence-corrected chi connectivity index (χ3v) is 5.32. The van der Waals surface area contributed by atoms with Gasteiger partial charge in [0.15, 0.2) is 0 Å². The molecule has 1 amide bonds. The highest BCUT2D eigenvalue weighted by Crippen LogP contribution is 2.42. The highest BCUT2D eigenvalue weighted by atomic mass is 16.4. The molecule has 2 aliphatic heterocycles. The summed E-state index contributed by atoms with van der Waals surface area (Å²) in [4.78, 5) is 31.1. The first-order valence-electron chi connectivity index (χ1n) is 9.59. The number of benzene rings is 3. The van der Waals surface area contributed by atoms with Crippen LogP contribution in [0.15, 0.2) is 70.8 Å². The van der Waals surface area contributed by atoms with Crippen LogP contribution in [0.1, 0.15) is 17.5 Å². The predicted octanol–water partition coefficient (Wildman–Crippen LogP) is 3.68. The number of hydrogen-bond donors (Lipinski definition) is 1. The Hall–Kier alpha value is -4.00. The lowest BCUT2D eigenvalue weighted by atomic mass is 10.0. The van der Waals surface area contributed by atoms with E-state index in [1.807, 2.05) is 67.6 Å². The maximum Gasteiger partial charge on any atom is 0.306 e. The van der Waals surface area contributed by atoms with Gasteiger partial charge in [0.05, 0.1) is 24.0 Å². The largest absolute Gasteiger partial charge is 0.481 e. The van der Waals surface area contributed by atoms with E-state index in [0.717, 1.165) is 33.3 Å². The van der Waals surface area contributed by atoms with E-state index < -0.39 is 17.9 Å². The van der Waals surface area contributed by atoms with E-state index in [2.05, 4.69) is 10.1 Å². The number of aliphatic imine (C=N–C) groups is 1. The Morgan fingerprint density at radius 1 is 1.13 bits per heavy atom. The van der Waals surface area contributed by atoms with E-state index in [1.165, 1.54) is 5.01 Å². The topological polar surface area (TPSA) is 85.6 Å². The minimum atomic E-state index is -1.05. The van der Waals surface area contributed by atoms with Crippen molar-refractivity contribution < 1.29 is 14.7 Å². The summed E-state index contributed by atoms with van der Waals surface area (Å²) in [6, 6.07) is 18.3. The molecule has 7 heteroatoms. The molecule has 1 saturated heterocycles. The van der Waals surface area contributed by atoms with E-state index in [4.69, 9.17) is 0 Å². The first-order chi connectivity index (χ1) is 14.5. The normalized spacial score (nSPS) is 17.6. The number of carbonyl (C=O) groups excluding carboxylic acids is 1. The smallest absolute Gasteiger partial charge is 0.306 e. The number of rotatable bonds is 4. The average Bonchev–Trinajstić information content (AvgIpc) is 2.99. The Morgan fingerprint density at radius 3 is 2.60 bits per heavy atom. The van der Waals surface area contributed by atoms with Gasteiger partial charge in [0.1, 0.15) is 6.04 Å². The van der Waals surface area contributed by atoms with Crippen LogP contribution in [0.4, 0.5) is 11.4 Å². The molecule has 2 heterocycles. The molecule has 0 aliphatic carbocycles. The maximum atomic E-state index is 13.2. The number of carboxylic acid groups (broad SMARTS) is 1. The number of amides is 1. The SMILES string of the molecule is Cc1ccc(/C=N/N2C(=O)C(CC(=O)O)N3C2=Nc2cccc4cccc3c24)cc1. The minimum Gasteiger partial charge on any atom is -0.481 e. The van der Waals surface area contributed by atoms with Gasteiger partial charge in [0.2, 0.25) is 5.96 Å². The molecule has 0 aromatic heterocycles. The highest BCUT2D eigenvalue weighted by Gasteiger charge is 2.47. The molecule has 0 bridgehead atoms. The van der Waals surface area contributed by atoms with E-state index in [1.54, 1.807) is 11.1 Å². The Balaban J connectivity index is 1.63. The molecular weight excluding hydrogens is 380 g/mol. The van der Waals surface area contributed by atoms with Crippen molar-refractivity contribution in [1.29, 1.82) is 0 Å². The minimum absolute atomic E-state index is 0.320. The van der Waals surface area contributed by atoms with Crippen molar-refractivity contribution in [1.82, 2.24) is 5.01 Å². The molecule has 3 aromatic rings. The van der Waals surface area contributed by atoms with Gasteiger partial charge in [-0.2, -0.15) is 10.1 Å². The van der Waals surface area contributed by atoms with Crippen LogP contribution < -0.4 is 4.90 Å². The van der Waals surface area contributed by atoms with Crippen LogP contribution in [0.25, 0.3) is 10.8 Å². The number of anilines is 1. The number of guanidine groups is 1. The van der Waals surface area contributed by atoms with Gasteiger partial charge in [-0.15, -0.1) is 0 Å². The van der Waals surface area contributed by atoms with Gasteiger partial charge in [-0.25, -0.2) is 4.99 Å². The lowest BCUT2D eigenvalue weighted by Crippen LogP contribution is -2.38. The van der Waals surface area contributed by atoms with E-state index in [9.17, 15) is 14.7 Å². The van der Waals surface area contributed by atoms with Gasteiger partial charge in [-0.1, -0.05) is 54.1 Å². The van der Waals surface area contributed by atoms with Crippen molar-refractivity contribution in [2.24, 2.45) is 10.1 Å². The molecule has 1 atom stereocenters. The third kappa shape index (κ3) is 2.83. The second-order valence-corrected chi connectivity index (χ2v) is 7.35. The molecule has 148 valence electrons. The van der Waals surface area contributed by atoms with Crippen LogP contribution >= 0.6 is 0 Å². The molecule has 30 heavy (non-hydrogen) atoms. The fraction of sp³-hybridized carbons (Fsp3) is 0.130. The monoisotopic (exact) mass is 398 g/mol. The molecule has 1 fully saturated rings. The van der Waals surface area contributed by atoms with Gasteiger partial charge in [0.25, 0.3) is 5.91 Å². The molecular formula is C23H18N4O3. The summed E-state index contributed by atoms with van der Waals surface area (Å²) in [6.45, 7) is 1.99. The summed E-state index contributed by atoms with van der Waals surface area (Å²) in [7, 11) is 0. The zero-order valence-corrected chi connectivity index (χ0v) is 16.2. The number of carbonyl (C=O) groups is 2. The number of aliphatic carboxylic acids is 1. The van der Waals surface area contributed by atoms with Crippen molar-refractivity contribution in [3.05, 3.63) is 71.8 Å². The summed E-state index contributed by atoms with van der Waals surface area (Å²) in [6.07, 6.45) is 1.25. The van der Waals surface area contributed by atoms with Gasteiger partial charge in [-0.3, -0.25) is 14.5 Å². The number of nitrogens with zero attached hydrogens (tertiary/aromatic N) is 4. The van der Waals surface area contributed by atoms with Crippen molar-refractivity contribution in [2.45, 2.75) is 19.4 Å². The molecule has 7 nitrogen and oxygen atoms in total. The Morgan fingerprint density at radius 2 is 1.87 bits per heavy atom. The van der Waals surface area contributed by atoms with Crippen LogP contribution in [0.2, 0.25) is 0 Å². The molecule has 1 unspecified atom stereocenters. The lowest BCUT2D eigenvalue weighted by molar-refractivity contribution is -0.140. The molecule has 2 aliphatic rings. The van der Waals surface area contributed by atoms with Crippen LogP contribution in [0.3, 0.4) is 0 Å². The van der Waals surface area contributed by atoms with Gasteiger partial charge in [0, 0.05) is 5.39 Å². The number of aryl methyl sites for hydroxylation is 1. The summed E-state index contributed by atoms with van der Waals surface area (Å²) < 4.78 is 0. The molecule has 1 N–H and O–H groups in total. The van der Waals surface area contributed by atoms with Crippen molar-refractivity contribution in [3.63, 3.8) is 0 Å². The van der Waals surface area contributed by atoms with Gasteiger partial charge >= 0.3 is 5.97 Å². The van der Waals surface area contributed by atoms with Crippen molar-refractivity contribution >= 4 is 46.2 Å². The zero-order valence-electron chi connectivity index (χ0n) is 16.2. The second kappa shape index (κ2) is 6.81. The first kappa shape index (κ1) is 18.1. The standard InChI is InChI=1S/C23H18N4O3/c1-14-8-10-15(11-9-14)13-24-27-22(30)19(12-20(28)29)26-18-7-3-5-16-4-2-6-17(21(16)18)25-23(26)27/h2-11,13,19H,12H2,1H3,(H,28,29)/b24-13+. The van der Waals surface area contributed by atoms with Crippen LogP contribution in [0, 0.1) is 6.92 Å². The third-order valence-electron chi connectivity index (χ3n) is 5.32. The maximum absolute atomic E-state index is 13.2. The van der Waals surface area contributed by atoms with Crippen LogP contribution in [-0.2, 0) is 9.59 Å². The highest BCUT2D eigenvalue weighted by molar-refractivity contribution is 6.24. The summed E-state index contributed by atoms with van der Waals surface area (Å²) in [5.74, 6) is -1.15. The molecule has 0 spiro atoms. The molecule has 0 saturated carbocycles. The van der Waals surface area contributed by atoms with E-state index in [-0.39, 0.29) is 6.42 Å². The quantitative estimate of drug-likeness (QED) is 0.680. The van der Waals surface area contributed by atoms with Crippen LogP contribution in [-0.4, -0.2) is 40.2 Å². The Labute approximate surface area is 172 Å². The fourth-order valence-corrected chi connectivity index (χ4v) is 3.90. The Kier molecular flexibility index (Phi) is 4.10. The van der Waals surface area contributed by atoms with Crippen molar-refractivity contribution in [3.8, 4) is 0 Å². The number of hydrogen-bond acceptors (Lipinski definition) is 5. The van der Waals surface area contributed by atoms with Crippen molar-refractivity contribution in [2.75, 3.05) is 4.90 Å². The first-order valence-corrected chi connectivity index (χ1v) is 9.59. The summed E-state index contributed by atoms with van der Waals surface area (Å²) in [5, 5.41) is 16.9. The number of fused-ring (bicyclic) bond motifs is 2. The summed E-state index contributed by atoms with van der Waals surface area (Å²) in [5.41, 5.74) is 3.45. The molecule has 0 radical (unpaired) electrons. The van der Waals surface area contributed by atoms with Gasteiger partial charge < -0.3 is 5.11 Å². The molecule has 5 rings (SSSR count). The molecule has 3 aromatic carbocycles. The Bertz CT molecular complexity index is 1240. The lowest BCUT2D eigenvalue weighted by Gasteiger charge is -2.28. The fourth-order valence-electron chi connectivity index (χ4n) is 3.90. The predicted molar refractivity (Wildman–Crippen MR) is 115 cm³/mol. The summed E-state index contributed by atoms with van der Waals surface area (Å²) >= 11 is 0. The van der Waals surface area contributed by atoms with E-state index in [0.29, 0.717) is 5.96 Å². The van der Waals surface area contributed by atoms with Crippen LogP contribution in [0.5, 0.6) is 0 Å². The van der Waals surface area contributed by atoms with E-state index >= 15 is 0 Å². The second-order valence-electron chi connectivity index (χ2n) is 7.35. The van der Waals surface area contributed by atoms with Gasteiger partial charge in [-0.05, 0) is 30.0 Å². The average molecular weight is 398 g/mol. The number of carboxylic acids is 1.